The second-order valence-electron chi connectivity index (χ2n) is 3.48. The molecule has 0 N–H and O–H groups in total. The minimum Gasteiger partial charge on any atom is -0.497 e. The molecule has 0 saturated carbocycles. The van der Waals surface area contributed by atoms with Crippen molar-refractivity contribution in [1.29, 1.82) is 0 Å². The van der Waals surface area contributed by atoms with Crippen LogP contribution < -0.4 is 4.74 Å². The lowest BCUT2D eigenvalue weighted by Crippen LogP contribution is -1.87. The molecule has 0 spiro atoms. The number of rotatable bonds is 2. The Balaban J connectivity index is 2.45. The lowest BCUT2D eigenvalue weighted by atomic mass is 10.1. The Morgan fingerprint density at radius 3 is 1.94 bits per heavy atom. The van der Waals surface area contributed by atoms with E-state index in [1.165, 1.54) is 12.1 Å². The van der Waals surface area contributed by atoms with Gasteiger partial charge in [0.15, 0.2) is 0 Å². The van der Waals surface area contributed by atoms with E-state index in [9.17, 15) is 8.78 Å². The third-order valence-corrected chi connectivity index (χ3v) is 2.77. The van der Waals surface area contributed by atoms with Crippen molar-refractivity contribution in [2.75, 3.05) is 7.11 Å². The molecule has 0 bridgehead atoms. The Kier molecular flexibility index (Phi) is 3.29. The third-order valence-electron chi connectivity index (χ3n) is 2.41. The standard InChI is InChI=1S/C13H9ClF2O/c1-17-10-4-2-8(3-5-10)9-6-11(15)13(14)12(16)7-9/h2-7H,1H3. The van der Waals surface area contributed by atoms with Gasteiger partial charge < -0.3 is 4.74 Å². The largest absolute Gasteiger partial charge is 0.497 e. The van der Waals surface area contributed by atoms with Gasteiger partial charge in [0, 0.05) is 0 Å². The summed E-state index contributed by atoms with van der Waals surface area (Å²) in [5.41, 5.74) is 1.13. The molecule has 88 valence electrons. The summed E-state index contributed by atoms with van der Waals surface area (Å²) in [6.07, 6.45) is 0. The normalized spacial score (nSPS) is 10.4. The number of hydrogen-bond acceptors (Lipinski definition) is 1. The van der Waals surface area contributed by atoms with Gasteiger partial charge >= 0.3 is 0 Å². The summed E-state index contributed by atoms with van der Waals surface area (Å²) >= 11 is 5.41. The SMILES string of the molecule is COc1ccc(-c2cc(F)c(Cl)c(F)c2)cc1. The van der Waals surface area contributed by atoms with Crippen LogP contribution in [0.25, 0.3) is 11.1 Å². The molecule has 0 aromatic heterocycles. The number of methoxy groups -OCH3 is 1. The first-order chi connectivity index (χ1) is 8.11. The van der Waals surface area contributed by atoms with E-state index in [0.717, 1.165) is 0 Å². The molecule has 0 aliphatic heterocycles. The second kappa shape index (κ2) is 4.72. The van der Waals surface area contributed by atoms with E-state index >= 15 is 0 Å². The molecule has 0 saturated heterocycles. The molecular weight excluding hydrogens is 246 g/mol. The van der Waals surface area contributed by atoms with E-state index in [2.05, 4.69) is 0 Å². The van der Waals surface area contributed by atoms with Gasteiger partial charge in [-0.05, 0) is 35.4 Å². The lowest BCUT2D eigenvalue weighted by molar-refractivity contribution is 0.415. The van der Waals surface area contributed by atoms with E-state index in [0.29, 0.717) is 16.9 Å². The maximum atomic E-state index is 13.3. The molecule has 0 heterocycles. The first-order valence-electron chi connectivity index (χ1n) is 4.91. The van der Waals surface area contributed by atoms with Crippen molar-refractivity contribution in [1.82, 2.24) is 0 Å². The quantitative estimate of drug-likeness (QED) is 0.727. The van der Waals surface area contributed by atoms with Crippen LogP contribution in [0, 0.1) is 11.6 Å². The van der Waals surface area contributed by atoms with Gasteiger partial charge in [-0.15, -0.1) is 0 Å². The molecule has 0 fully saturated rings. The molecule has 0 aliphatic carbocycles. The molecule has 2 rings (SSSR count). The summed E-state index contributed by atoms with van der Waals surface area (Å²) in [6, 6.07) is 9.29. The fourth-order valence-electron chi connectivity index (χ4n) is 1.51. The fraction of sp³-hybridized carbons (Fsp3) is 0.0769. The summed E-state index contributed by atoms with van der Waals surface area (Å²) in [5, 5.41) is -0.484. The Hall–Kier alpha value is -1.61. The van der Waals surface area contributed by atoms with Gasteiger partial charge in [0.1, 0.15) is 22.4 Å². The van der Waals surface area contributed by atoms with Crippen LogP contribution in [-0.2, 0) is 0 Å². The predicted octanol–water partition coefficient (Wildman–Crippen LogP) is 4.29. The van der Waals surface area contributed by atoms with Crippen molar-refractivity contribution < 1.29 is 13.5 Å². The molecule has 0 unspecified atom stereocenters. The number of benzene rings is 2. The molecule has 0 radical (unpaired) electrons. The Bertz CT molecular complexity index is 515. The number of ether oxygens (including phenoxy) is 1. The summed E-state index contributed by atoms with van der Waals surface area (Å²) in [6.45, 7) is 0. The molecule has 0 aliphatic rings. The van der Waals surface area contributed by atoms with Gasteiger partial charge in [-0.1, -0.05) is 23.7 Å². The van der Waals surface area contributed by atoms with Crippen molar-refractivity contribution >= 4 is 11.6 Å². The average Bonchev–Trinajstić information content (AvgIpc) is 2.35. The van der Waals surface area contributed by atoms with Crippen LogP contribution in [-0.4, -0.2) is 7.11 Å². The van der Waals surface area contributed by atoms with Crippen LogP contribution in [0.1, 0.15) is 0 Å². The highest BCUT2D eigenvalue weighted by Gasteiger charge is 2.09. The molecule has 0 amide bonds. The summed E-state index contributed by atoms with van der Waals surface area (Å²) < 4.78 is 31.6. The fourth-order valence-corrected chi connectivity index (χ4v) is 1.61. The predicted molar refractivity (Wildman–Crippen MR) is 63.4 cm³/mol. The van der Waals surface area contributed by atoms with Gasteiger partial charge in [-0.3, -0.25) is 0 Å². The van der Waals surface area contributed by atoms with E-state index in [-0.39, 0.29) is 0 Å². The highest BCUT2D eigenvalue weighted by atomic mass is 35.5. The monoisotopic (exact) mass is 254 g/mol. The average molecular weight is 255 g/mol. The van der Waals surface area contributed by atoms with Gasteiger partial charge in [0.05, 0.1) is 7.11 Å². The Morgan fingerprint density at radius 2 is 1.47 bits per heavy atom. The van der Waals surface area contributed by atoms with Gasteiger partial charge in [0.25, 0.3) is 0 Å². The molecule has 17 heavy (non-hydrogen) atoms. The van der Waals surface area contributed by atoms with Crippen LogP contribution in [0.4, 0.5) is 8.78 Å². The molecule has 2 aromatic carbocycles. The van der Waals surface area contributed by atoms with E-state index < -0.39 is 16.7 Å². The molecule has 4 heteroatoms. The topological polar surface area (TPSA) is 9.23 Å². The van der Waals surface area contributed by atoms with Crippen molar-refractivity contribution in [3.8, 4) is 16.9 Å². The van der Waals surface area contributed by atoms with E-state index in [1.54, 1.807) is 31.4 Å². The highest BCUT2D eigenvalue weighted by molar-refractivity contribution is 6.31. The van der Waals surface area contributed by atoms with Gasteiger partial charge in [0.2, 0.25) is 0 Å². The highest BCUT2D eigenvalue weighted by Crippen LogP contribution is 2.28. The van der Waals surface area contributed by atoms with Crippen LogP contribution in [0.15, 0.2) is 36.4 Å². The van der Waals surface area contributed by atoms with Crippen molar-refractivity contribution in [3.05, 3.63) is 53.1 Å². The molecular formula is C13H9ClF2O. The van der Waals surface area contributed by atoms with Crippen LogP contribution in [0.2, 0.25) is 5.02 Å². The molecule has 0 atom stereocenters. The van der Waals surface area contributed by atoms with Crippen molar-refractivity contribution in [2.24, 2.45) is 0 Å². The Morgan fingerprint density at radius 1 is 0.941 bits per heavy atom. The zero-order chi connectivity index (χ0) is 12.4. The van der Waals surface area contributed by atoms with Crippen LogP contribution in [0.5, 0.6) is 5.75 Å². The van der Waals surface area contributed by atoms with Gasteiger partial charge in [-0.2, -0.15) is 0 Å². The van der Waals surface area contributed by atoms with Crippen LogP contribution in [0.3, 0.4) is 0 Å². The maximum absolute atomic E-state index is 13.3. The molecule has 2 aromatic rings. The zero-order valence-electron chi connectivity index (χ0n) is 9.01. The van der Waals surface area contributed by atoms with Gasteiger partial charge in [-0.25, -0.2) is 8.78 Å². The minimum atomic E-state index is -0.766. The number of hydrogen-bond donors (Lipinski definition) is 0. The lowest BCUT2D eigenvalue weighted by Gasteiger charge is -2.05. The maximum Gasteiger partial charge on any atom is 0.145 e. The van der Waals surface area contributed by atoms with E-state index in [4.69, 9.17) is 16.3 Å². The summed E-state index contributed by atoms with van der Waals surface area (Å²) in [4.78, 5) is 0. The first-order valence-corrected chi connectivity index (χ1v) is 5.28. The van der Waals surface area contributed by atoms with Crippen molar-refractivity contribution in [2.45, 2.75) is 0 Å². The van der Waals surface area contributed by atoms with Crippen molar-refractivity contribution in [3.63, 3.8) is 0 Å². The zero-order valence-corrected chi connectivity index (χ0v) is 9.76. The van der Waals surface area contributed by atoms with Crippen LogP contribution >= 0.6 is 11.6 Å². The molecule has 1 nitrogen and oxygen atoms in total. The number of halogens is 3. The summed E-state index contributed by atoms with van der Waals surface area (Å²) in [7, 11) is 1.55. The smallest absolute Gasteiger partial charge is 0.145 e. The Labute approximate surface area is 103 Å². The summed E-state index contributed by atoms with van der Waals surface area (Å²) in [5.74, 6) is -0.848. The second-order valence-corrected chi connectivity index (χ2v) is 3.86. The first kappa shape index (κ1) is 11.9. The third kappa shape index (κ3) is 2.39. The minimum absolute atomic E-state index is 0.437. The van der Waals surface area contributed by atoms with E-state index in [1.807, 2.05) is 0 Å².